The number of carbonyl (C=O) groups is 1. The van der Waals surface area contributed by atoms with Gasteiger partial charge in [0.05, 0.1) is 23.6 Å². The number of nitrogens with one attached hydrogen (secondary N) is 1. The second kappa shape index (κ2) is 7.56. The van der Waals surface area contributed by atoms with E-state index in [0.717, 1.165) is 18.4 Å². The van der Waals surface area contributed by atoms with Gasteiger partial charge in [0.2, 0.25) is 5.95 Å². The minimum Gasteiger partial charge on any atom is -0.447 e. The number of nitriles is 1. The van der Waals surface area contributed by atoms with Gasteiger partial charge in [0.25, 0.3) is 0 Å². The van der Waals surface area contributed by atoms with Gasteiger partial charge < -0.3 is 10.1 Å². The average Bonchev–Trinajstić information content (AvgIpc) is 3.43. The molecule has 8 heteroatoms. The summed E-state index contributed by atoms with van der Waals surface area (Å²) in [5, 5.41) is 12.4. The number of hydrogen-bond donors (Lipinski definition) is 1. The molecule has 1 saturated heterocycles. The lowest BCUT2D eigenvalue weighted by molar-refractivity contribution is 0.177. The van der Waals surface area contributed by atoms with Gasteiger partial charge >= 0.3 is 6.09 Å². The van der Waals surface area contributed by atoms with Crippen LogP contribution in [0.2, 0.25) is 0 Å². The topological polar surface area (TPSA) is 91.1 Å². The third-order valence-corrected chi connectivity index (χ3v) is 5.89. The summed E-state index contributed by atoms with van der Waals surface area (Å²) < 4.78 is 19.9. The predicted octanol–water partition coefficient (Wildman–Crippen LogP) is 4.33. The van der Waals surface area contributed by atoms with Gasteiger partial charge in [0.1, 0.15) is 18.2 Å². The number of benzene rings is 1. The molecular formula is C22H24FN5O2. The molecule has 1 aliphatic heterocycles. The SMILES string of the molecule is CC(Nc1nccc(N2C(=O)OCC2C(C)C)n1)c1ccc(C2(C#N)CC2)cc1F. The summed E-state index contributed by atoms with van der Waals surface area (Å²) in [4.78, 5) is 22.4. The van der Waals surface area contributed by atoms with Gasteiger partial charge in [-0.25, -0.2) is 14.2 Å². The van der Waals surface area contributed by atoms with Gasteiger partial charge in [-0.1, -0.05) is 26.0 Å². The number of halogens is 1. The minimum absolute atomic E-state index is 0.0995. The lowest BCUT2D eigenvalue weighted by atomic mass is 9.95. The van der Waals surface area contributed by atoms with Crippen LogP contribution in [0.3, 0.4) is 0 Å². The molecule has 1 amide bonds. The van der Waals surface area contributed by atoms with E-state index >= 15 is 0 Å². The first-order valence-electron chi connectivity index (χ1n) is 10.1. The van der Waals surface area contributed by atoms with Crippen molar-refractivity contribution in [1.29, 1.82) is 5.26 Å². The van der Waals surface area contributed by atoms with Crippen molar-refractivity contribution in [2.24, 2.45) is 5.92 Å². The van der Waals surface area contributed by atoms with Gasteiger partial charge in [0, 0.05) is 11.8 Å². The summed E-state index contributed by atoms with van der Waals surface area (Å²) in [7, 11) is 0. The quantitative estimate of drug-likeness (QED) is 0.764. The zero-order valence-corrected chi connectivity index (χ0v) is 17.2. The van der Waals surface area contributed by atoms with E-state index in [2.05, 4.69) is 21.4 Å². The Kier molecular flexibility index (Phi) is 5.06. The molecule has 2 aliphatic rings. The van der Waals surface area contributed by atoms with E-state index in [1.165, 1.54) is 11.0 Å². The maximum Gasteiger partial charge on any atom is 0.415 e. The smallest absolute Gasteiger partial charge is 0.415 e. The highest BCUT2D eigenvalue weighted by Gasteiger charge is 2.45. The lowest BCUT2D eigenvalue weighted by Gasteiger charge is -2.24. The number of hydrogen-bond acceptors (Lipinski definition) is 6. The van der Waals surface area contributed by atoms with Crippen molar-refractivity contribution in [2.75, 3.05) is 16.8 Å². The molecule has 2 unspecified atom stereocenters. The van der Waals surface area contributed by atoms with Crippen molar-refractivity contribution in [2.45, 2.75) is 51.1 Å². The van der Waals surface area contributed by atoms with Crippen LogP contribution >= 0.6 is 0 Å². The number of amides is 1. The number of cyclic esters (lactones) is 1. The van der Waals surface area contributed by atoms with E-state index in [4.69, 9.17) is 4.74 Å². The molecule has 1 aliphatic carbocycles. The zero-order valence-electron chi connectivity index (χ0n) is 17.2. The Morgan fingerprint density at radius 3 is 2.73 bits per heavy atom. The maximum absolute atomic E-state index is 14.8. The molecule has 1 saturated carbocycles. The van der Waals surface area contributed by atoms with E-state index in [1.807, 2.05) is 26.8 Å². The Hall–Kier alpha value is -3.21. The van der Waals surface area contributed by atoms with Gasteiger partial charge in [-0.15, -0.1) is 0 Å². The second-order valence-corrected chi connectivity index (χ2v) is 8.29. The number of nitrogens with zero attached hydrogens (tertiary/aromatic N) is 4. The summed E-state index contributed by atoms with van der Waals surface area (Å²) >= 11 is 0. The fourth-order valence-corrected chi connectivity index (χ4v) is 3.78. The molecule has 1 aromatic carbocycles. The molecule has 2 aromatic rings. The van der Waals surface area contributed by atoms with Crippen LogP contribution < -0.4 is 10.2 Å². The Balaban J connectivity index is 1.53. The van der Waals surface area contributed by atoms with E-state index < -0.39 is 17.6 Å². The Morgan fingerprint density at radius 2 is 2.10 bits per heavy atom. The first-order valence-corrected chi connectivity index (χ1v) is 10.1. The van der Waals surface area contributed by atoms with Crippen LogP contribution in [-0.2, 0) is 10.2 Å². The average molecular weight is 409 g/mol. The van der Waals surface area contributed by atoms with Crippen LogP contribution in [0.15, 0.2) is 30.5 Å². The highest BCUT2D eigenvalue weighted by atomic mass is 19.1. The molecule has 2 atom stereocenters. The van der Waals surface area contributed by atoms with Crippen LogP contribution in [0.25, 0.3) is 0 Å². The van der Waals surface area contributed by atoms with E-state index in [-0.39, 0.29) is 17.8 Å². The largest absolute Gasteiger partial charge is 0.447 e. The molecule has 2 heterocycles. The Labute approximate surface area is 174 Å². The first-order chi connectivity index (χ1) is 14.3. The summed E-state index contributed by atoms with van der Waals surface area (Å²) in [6, 6.07) is 8.41. The summed E-state index contributed by atoms with van der Waals surface area (Å²) in [6.45, 7) is 6.17. The molecule has 1 N–H and O–H groups in total. The third-order valence-electron chi connectivity index (χ3n) is 5.89. The van der Waals surface area contributed by atoms with Crippen molar-refractivity contribution in [3.05, 3.63) is 47.4 Å². The first kappa shape index (κ1) is 20.1. The van der Waals surface area contributed by atoms with Crippen LogP contribution in [0.1, 0.15) is 50.8 Å². The summed E-state index contributed by atoms with van der Waals surface area (Å²) in [5.74, 6) is 0.577. The lowest BCUT2D eigenvalue weighted by Crippen LogP contribution is -2.37. The van der Waals surface area contributed by atoms with Crippen molar-refractivity contribution >= 4 is 17.9 Å². The van der Waals surface area contributed by atoms with Gasteiger partial charge in [-0.2, -0.15) is 10.2 Å². The molecule has 1 aromatic heterocycles. The molecule has 2 fully saturated rings. The normalized spacial score (nSPS) is 20.6. The van der Waals surface area contributed by atoms with E-state index in [0.29, 0.717) is 23.9 Å². The Bertz CT molecular complexity index is 1010. The van der Waals surface area contributed by atoms with Crippen molar-refractivity contribution in [3.63, 3.8) is 0 Å². The van der Waals surface area contributed by atoms with Crippen LogP contribution in [0.4, 0.5) is 21.0 Å². The number of ether oxygens (including phenoxy) is 1. The summed E-state index contributed by atoms with van der Waals surface area (Å²) in [6.07, 6.45) is 2.67. The summed E-state index contributed by atoms with van der Waals surface area (Å²) in [5.41, 5.74) is 0.663. The highest BCUT2D eigenvalue weighted by molar-refractivity contribution is 5.89. The standard InChI is InChI=1S/C22H24FN5O2/c1-13(2)18-11-30-21(29)28(18)19-6-9-25-20(27-19)26-14(3)16-5-4-15(10-17(16)23)22(12-24)7-8-22/h4-6,9-10,13-14,18H,7-8,11H2,1-3H3,(H,25,26,27). The van der Waals surface area contributed by atoms with Gasteiger partial charge in [-0.05, 0) is 43.4 Å². The van der Waals surface area contributed by atoms with E-state index in [1.54, 1.807) is 18.3 Å². The number of rotatable bonds is 6. The molecule has 30 heavy (non-hydrogen) atoms. The highest BCUT2D eigenvalue weighted by Crippen LogP contribution is 2.47. The molecule has 0 bridgehead atoms. The maximum atomic E-state index is 14.8. The number of carbonyl (C=O) groups excluding carboxylic acids is 1. The zero-order chi connectivity index (χ0) is 21.5. The predicted molar refractivity (Wildman–Crippen MR) is 109 cm³/mol. The van der Waals surface area contributed by atoms with E-state index in [9.17, 15) is 14.4 Å². The van der Waals surface area contributed by atoms with Crippen molar-refractivity contribution in [1.82, 2.24) is 9.97 Å². The number of anilines is 2. The third kappa shape index (κ3) is 3.56. The molecule has 0 spiro atoms. The van der Waals surface area contributed by atoms with Crippen LogP contribution in [-0.4, -0.2) is 28.7 Å². The van der Waals surface area contributed by atoms with Crippen LogP contribution in [0.5, 0.6) is 0 Å². The Morgan fingerprint density at radius 1 is 1.33 bits per heavy atom. The minimum atomic E-state index is -0.523. The van der Waals surface area contributed by atoms with Gasteiger partial charge in [0.15, 0.2) is 0 Å². The number of aromatic nitrogens is 2. The molecule has 7 nitrogen and oxygen atoms in total. The van der Waals surface area contributed by atoms with Gasteiger partial charge in [-0.3, -0.25) is 4.90 Å². The van der Waals surface area contributed by atoms with Crippen molar-refractivity contribution in [3.8, 4) is 6.07 Å². The molecule has 156 valence electrons. The van der Waals surface area contributed by atoms with Crippen molar-refractivity contribution < 1.29 is 13.9 Å². The monoisotopic (exact) mass is 409 g/mol. The second-order valence-electron chi connectivity index (χ2n) is 8.29. The molecule has 0 radical (unpaired) electrons. The fraction of sp³-hybridized carbons (Fsp3) is 0.455. The fourth-order valence-electron chi connectivity index (χ4n) is 3.78. The molecular weight excluding hydrogens is 385 g/mol. The molecule has 4 rings (SSSR count). The van der Waals surface area contributed by atoms with Crippen LogP contribution in [0, 0.1) is 23.1 Å².